The van der Waals surface area contributed by atoms with E-state index in [1.807, 2.05) is 23.9 Å². The molecule has 6 heteroatoms. The highest BCUT2D eigenvalue weighted by Crippen LogP contribution is 2.23. The van der Waals surface area contributed by atoms with Gasteiger partial charge in [-0.05, 0) is 54.5 Å². The summed E-state index contributed by atoms with van der Waals surface area (Å²) in [5.74, 6) is 3.25. The lowest BCUT2D eigenvalue weighted by Gasteiger charge is -2.22. The predicted octanol–water partition coefficient (Wildman–Crippen LogP) is 2.54. The summed E-state index contributed by atoms with van der Waals surface area (Å²) in [5, 5.41) is 3.40. The fourth-order valence-corrected chi connectivity index (χ4v) is 4.48. The van der Waals surface area contributed by atoms with Crippen molar-refractivity contribution in [2.24, 2.45) is 5.92 Å². The topological polar surface area (TPSA) is 58.2 Å². The second kappa shape index (κ2) is 7.33. The maximum atomic E-state index is 11.8. The molecule has 1 aromatic carbocycles. The lowest BCUT2D eigenvalue weighted by atomic mass is 10.0. The zero-order chi connectivity index (χ0) is 14.4. The van der Waals surface area contributed by atoms with Gasteiger partial charge in [0.05, 0.1) is 4.90 Å². The van der Waals surface area contributed by atoms with Crippen molar-refractivity contribution >= 4 is 27.5 Å². The van der Waals surface area contributed by atoms with E-state index in [1.54, 1.807) is 19.1 Å². The zero-order valence-corrected chi connectivity index (χ0v) is 13.4. The maximum Gasteiger partial charge on any atom is 0.240 e. The third kappa shape index (κ3) is 4.40. The van der Waals surface area contributed by atoms with E-state index in [4.69, 9.17) is 0 Å². The highest BCUT2D eigenvalue weighted by Gasteiger charge is 2.14. The van der Waals surface area contributed by atoms with E-state index in [2.05, 4.69) is 10.0 Å². The minimum absolute atomic E-state index is 0.318. The Balaban J connectivity index is 1.91. The molecule has 112 valence electrons. The zero-order valence-electron chi connectivity index (χ0n) is 11.8. The molecule has 2 N–H and O–H groups in total. The summed E-state index contributed by atoms with van der Waals surface area (Å²) in [4.78, 5) is 0.318. The van der Waals surface area contributed by atoms with E-state index in [1.165, 1.54) is 24.3 Å². The molecule has 0 aliphatic carbocycles. The molecule has 0 amide bonds. The number of hydrogen-bond donors (Lipinski definition) is 2. The first-order valence-corrected chi connectivity index (χ1v) is 9.67. The fourth-order valence-electron chi connectivity index (χ4n) is 2.24. The highest BCUT2D eigenvalue weighted by atomic mass is 32.2. The van der Waals surface area contributed by atoms with Crippen LogP contribution in [0.2, 0.25) is 0 Å². The molecule has 1 saturated heterocycles. The SMILES string of the molecule is CCNS(=O)(=O)c1ccc(NCC2CCSCC2)cc1. The molecule has 0 radical (unpaired) electrons. The molecule has 0 saturated carbocycles. The van der Waals surface area contributed by atoms with Gasteiger partial charge in [0, 0.05) is 18.8 Å². The summed E-state index contributed by atoms with van der Waals surface area (Å²) >= 11 is 2.03. The molecule has 0 atom stereocenters. The number of benzene rings is 1. The Morgan fingerprint density at radius 3 is 2.45 bits per heavy atom. The second-order valence-corrected chi connectivity index (χ2v) is 7.95. The van der Waals surface area contributed by atoms with Crippen molar-refractivity contribution < 1.29 is 8.42 Å². The summed E-state index contributed by atoms with van der Waals surface area (Å²) in [6, 6.07) is 6.97. The Morgan fingerprint density at radius 2 is 1.85 bits per heavy atom. The van der Waals surface area contributed by atoms with E-state index in [0.717, 1.165) is 18.2 Å². The molecule has 1 aliphatic heterocycles. The molecule has 1 aromatic rings. The van der Waals surface area contributed by atoms with Crippen molar-refractivity contribution in [2.45, 2.75) is 24.7 Å². The van der Waals surface area contributed by atoms with Gasteiger partial charge in [-0.3, -0.25) is 0 Å². The third-order valence-electron chi connectivity index (χ3n) is 3.43. The number of rotatable bonds is 6. The second-order valence-electron chi connectivity index (χ2n) is 4.96. The Kier molecular flexibility index (Phi) is 5.74. The van der Waals surface area contributed by atoms with Gasteiger partial charge >= 0.3 is 0 Å². The molecule has 0 unspecified atom stereocenters. The van der Waals surface area contributed by atoms with Gasteiger partial charge in [-0.15, -0.1) is 0 Å². The van der Waals surface area contributed by atoms with Crippen LogP contribution >= 0.6 is 11.8 Å². The Hall–Kier alpha value is -0.720. The minimum atomic E-state index is -3.34. The van der Waals surface area contributed by atoms with Crippen LogP contribution in [0.5, 0.6) is 0 Å². The first-order valence-electron chi connectivity index (χ1n) is 7.03. The predicted molar refractivity (Wildman–Crippen MR) is 85.8 cm³/mol. The largest absolute Gasteiger partial charge is 0.385 e. The Morgan fingerprint density at radius 1 is 1.20 bits per heavy atom. The van der Waals surface area contributed by atoms with Crippen LogP contribution in [0, 0.1) is 5.92 Å². The average molecular weight is 314 g/mol. The normalized spacial score (nSPS) is 17.1. The molecule has 20 heavy (non-hydrogen) atoms. The van der Waals surface area contributed by atoms with Crippen molar-refractivity contribution in [3.63, 3.8) is 0 Å². The number of nitrogens with one attached hydrogen (secondary N) is 2. The van der Waals surface area contributed by atoms with Crippen LogP contribution in [-0.4, -0.2) is 33.0 Å². The first kappa shape index (κ1) is 15.7. The summed E-state index contributed by atoms with van der Waals surface area (Å²) in [5.41, 5.74) is 0.985. The number of sulfonamides is 1. The van der Waals surface area contributed by atoms with E-state index in [-0.39, 0.29) is 0 Å². The summed E-state index contributed by atoms with van der Waals surface area (Å²) in [6.07, 6.45) is 2.54. The Labute approximate surface area is 125 Å². The highest BCUT2D eigenvalue weighted by molar-refractivity contribution is 7.99. The van der Waals surface area contributed by atoms with Gasteiger partial charge in [0.2, 0.25) is 10.0 Å². The van der Waals surface area contributed by atoms with Gasteiger partial charge in [-0.25, -0.2) is 13.1 Å². The molecule has 0 spiro atoms. The van der Waals surface area contributed by atoms with Crippen LogP contribution in [0.3, 0.4) is 0 Å². The van der Waals surface area contributed by atoms with Gasteiger partial charge < -0.3 is 5.32 Å². The molecule has 1 heterocycles. The first-order chi connectivity index (χ1) is 9.62. The number of hydrogen-bond acceptors (Lipinski definition) is 4. The van der Waals surface area contributed by atoms with Crippen LogP contribution in [-0.2, 0) is 10.0 Å². The summed E-state index contributed by atoms with van der Waals surface area (Å²) < 4.78 is 26.1. The molecular formula is C14H22N2O2S2. The number of thioether (sulfide) groups is 1. The lowest BCUT2D eigenvalue weighted by molar-refractivity contribution is 0.516. The van der Waals surface area contributed by atoms with Gasteiger partial charge in [0.25, 0.3) is 0 Å². The van der Waals surface area contributed by atoms with Gasteiger partial charge in [-0.1, -0.05) is 6.92 Å². The summed E-state index contributed by atoms with van der Waals surface area (Å²) in [6.45, 7) is 3.15. The minimum Gasteiger partial charge on any atom is -0.385 e. The molecule has 2 rings (SSSR count). The van der Waals surface area contributed by atoms with Crippen molar-refractivity contribution in [1.29, 1.82) is 0 Å². The molecule has 0 aromatic heterocycles. The van der Waals surface area contributed by atoms with E-state index in [9.17, 15) is 8.42 Å². The quantitative estimate of drug-likeness (QED) is 0.847. The third-order valence-corrected chi connectivity index (χ3v) is 6.04. The van der Waals surface area contributed by atoms with E-state index < -0.39 is 10.0 Å². The van der Waals surface area contributed by atoms with Crippen molar-refractivity contribution in [1.82, 2.24) is 4.72 Å². The maximum absolute atomic E-state index is 11.8. The fraction of sp³-hybridized carbons (Fsp3) is 0.571. The van der Waals surface area contributed by atoms with Crippen LogP contribution in [0.25, 0.3) is 0 Å². The molecule has 1 aliphatic rings. The van der Waals surface area contributed by atoms with Crippen LogP contribution < -0.4 is 10.0 Å². The van der Waals surface area contributed by atoms with Gasteiger partial charge in [0.1, 0.15) is 0 Å². The van der Waals surface area contributed by atoms with Crippen molar-refractivity contribution in [3.8, 4) is 0 Å². The van der Waals surface area contributed by atoms with E-state index in [0.29, 0.717) is 11.4 Å². The molecule has 1 fully saturated rings. The van der Waals surface area contributed by atoms with Crippen molar-refractivity contribution in [3.05, 3.63) is 24.3 Å². The van der Waals surface area contributed by atoms with E-state index >= 15 is 0 Å². The van der Waals surface area contributed by atoms with Crippen LogP contribution in [0.15, 0.2) is 29.2 Å². The van der Waals surface area contributed by atoms with Gasteiger partial charge in [-0.2, -0.15) is 11.8 Å². The standard InChI is InChI=1S/C14H22N2O2S2/c1-2-16-20(17,18)14-5-3-13(4-6-14)15-11-12-7-9-19-10-8-12/h3-6,12,15-16H,2,7-11H2,1H3. The van der Waals surface area contributed by atoms with Gasteiger partial charge in [0.15, 0.2) is 0 Å². The molecule has 0 bridgehead atoms. The van der Waals surface area contributed by atoms with Crippen molar-refractivity contribution in [2.75, 3.05) is 29.9 Å². The average Bonchev–Trinajstić information content (AvgIpc) is 2.47. The summed E-state index contributed by atoms with van der Waals surface area (Å²) in [7, 11) is -3.34. The van der Waals surface area contributed by atoms with Crippen LogP contribution in [0.1, 0.15) is 19.8 Å². The molecule has 4 nitrogen and oxygen atoms in total. The monoisotopic (exact) mass is 314 g/mol. The lowest BCUT2D eigenvalue weighted by Crippen LogP contribution is -2.23. The number of anilines is 1. The smallest absolute Gasteiger partial charge is 0.240 e. The van der Waals surface area contributed by atoms with Crippen LogP contribution in [0.4, 0.5) is 5.69 Å². The molecular weight excluding hydrogens is 292 g/mol. The Bertz CT molecular complexity index is 508.